The van der Waals surface area contributed by atoms with Gasteiger partial charge in [0, 0.05) is 24.0 Å². The van der Waals surface area contributed by atoms with E-state index < -0.39 is 33.4 Å². The van der Waals surface area contributed by atoms with Gasteiger partial charge >= 0.3 is 6.43 Å². The predicted octanol–water partition coefficient (Wildman–Crippen LogP) is 4.81. The van der Waals surface area contributed by atoms with Crippen LogP contribution >= 0.6 is 0 Å². The summed E-state index contributed by atoms with van der Waals surface area (Å²) in [5.41, 5.74) is 1.50. The highest BCUT2D eigenvalue weighted by Gasteiger charge is 2.38. The van der Waals surface area contributed by atoms with Crippen molar-refractivity contribution in [2.24, 2.45) is 0 Å². The van der Waals surface area contributed by atoms with Crippen molar-refractivity contribution >= 4 is 21.4 Å². The lowest BCUT2D eigenvalue weighted by Gasteiger charge is -2.42. The molecule has 4 aromatic rings. The van der Waals surface area contributed by atoms with Gasteiger partial charge in [0.1, 0.15) is 11.5 Å². The Kier molecular flexibility index (Phi) is 6.79. The molecular formula is C26H27F3N6O3S. The molecule has 0 spiro atoms. The normalized spacial score (nSPS) is 17.6. The van der Waals surface area contributed by atoms with Gasteiger partial charge in [0.05, 0.1) is 23.2 Å². The summed E-state index contributed by atoms with van der Waals surface area (Å²) < 4.78 is 75.7. The first-order valence-corrected chi connectivity index (χ1v) is 14.4. The first-order valence-electron chi connectivity index (χ1n) is 12.9. The summed E-state index contributed by atoms with van der Waals surface area (Å²) in [5, 5.41) is 6.44. The number of benzene rings is 1. The van der Waals surface area contributed by atoms with Crippen molar-refractivity contribution in [3.8, 4) is 11.5 Å². The Morgan fingerprint density at radius 3 is 2.54 bits per heavy atom. The van der Waals surface area contributed by atoms with Crippen LogP contribution in [0.3, 0.4) is 0 Å². The minimum absolute atomic E-state index is 0.0745. The second-order valence-corrected chi connectivity index (χ2v) is 12.1. The van der Waals surface area contributed by atoms with E-state index in [-0.39, 0.29) is 18.1 Å². The maximum atomic E-state index is 14.2. The van der Waals surface area contributed by atoms with E-state index in [0.29, 0.717) is 35.8 Å². The number of likely N-dealkylation sites (tertiary alicyclic amines) is 1. The number of nitrogens with zero attached hydrogens (tertiary/aromatic N) is 6. The lowest BCUT2D eigenvalue weighted by Crippen LogP contribution is -2.49. The first-order chi connectivity index (χ1) is 18.8. The highest BCUT2D eigenvalue weighted by atomic mass is 32.2. The maximum absolute atomic E-state index is 14.2. The number of anilines is 1. The zero-order chi connectivity index (χ0) is 27.1. The van der Waals surface area contributed by atoms with Crippen molar-refractivity contribution in [3.63, 3.8) is 0 Å². The molecule has 0 unspecified atom stereocenters. The molecule has 0 bridgehead atoms. The number of hydrogen-bond acceptors (Lipinski definition) is 7. The third-order valence-corrected chi connectivity index (χ3v) is 9.85. The SMILES string of the molecule is O=S(=O)(C1CCN(C2CCC2)CC1)N(Cc1cn2ccc(-c3nnc(C(F)F)o3)cc2n1)c1cccc(F)c1. The summed E-state index contributed by atoms with van der Waals surface area (Å²) in [4.78, 5) is 6.94. The molecule has 206 valence electrons. The van der Waals surface area contributed by atoms with Crippen LogP contribution < -0.4 is 4.31 Å². The average Bonchev–Trinajstić information content (AvgIpc) is 3.53. The second-order valence-electron chi connectivity index (χ2n) is 10.0. The summed E-state index contributed by atoms with van der Waals surface area (Å²) in [6.07, 6.45) is 5.04. The number of piperidine rings is 1. The molecule has 2 fully saturated rings. The van der Waals surface area contributed by atoms with E-state index in [9.17, 15) is 21.6 Å². The zero-order valence-corrected chi connectivity index (χ0v) is 21.8. The number of fused-ring (bicyclic) bond motifs is 1. The number of imidazole rings is 1. The minimum Gasteiger partial charge on any atom is -0.415 e. The minimum atomic E-state index is -3.84. The molecule has 0 amide bonds. The van der Waals surface area contributed by atoms with Crippen LogP contribution in [0.2, 0.25) is 0 Å². The van der Waals surface area contributed by atoms with E-state index in [4.69, 9.17) is 4.42 Å². The first kappa shape index (κ1) is 25.8. The van der Waals surface area contributed by atoms with Crippen molar-refractivity contribution in [2.45, 2.75) is 56.4 Å². The molecule has 2 aliphatic rings. The lowest BCUT2D eigenvalue weighted by molar-refractivity contribution is 0.106. The Hall–Kier alpha value is -3.45. The standard InChI is InChI=1S/C26H27F3N6O3S/c27-18-3-1-6-21(14-18)35(39(36,37)22-8-11-33(12-9-22)20-4-2-5-20)16-19-15-34-10-7-17(13-23(34)30-19)25-31-32-26(38-25)24(28)29/h1,3,6-7,10,13-15,20,22,24H,2,4-5,8-9,11-12,16H2. The van der Waals surface area contributed by atoms with Gasteiger partial charge in [-0.1, -0.05) is 12.5 Å². The van der Waals surface area contributed by atoms with Gasteiger partial charge in [0.25, 0.3) is 5.89 Å². The second kappa shape index (κ2) is 10.3. The molecule has 39 heavy (non-hydrogen) atoms. The Morgan fingerprint density at radius 2 is 1.87 bits per heavy atom. The number of rotatable bonds is 8. The van der Waals surface area contributed by atoms with E-state index in [0.717, 1.165) is 13.1 Å². The summed E-state index contributed by atoms with van der Waals surface area (Å²) in [6.45, 7) is 1.36. The van der Waals surface area contributed by atoms with Crippen molar-refractivity contribution < 1.29 is 26.0 Å². The molecule has 6 rings (SSSR count). The molecule has 9 nitrogen and oxygen atoms in total. The van der Waals surface area contributed by atoms with Crippen LogP contribution in [0.25, 0.3) is 17.1 Å². The Balaban J connectivity index is 1.28. The molecule has 1 aliphatic carbocycles. The van der Waals surface area contributed by atoms with Gasteiger partial charge in [-0.05, 0) is 69.1 Å². The van der Waals surface area contributed by atoms with Crippen LogP contribution in [0.4, 0.5) is 18.9 Å². The van der Waals surface area contributed by atoms with E-state index >= 15 is 0 Å². The number of alkyl halides is 2. The summed E-state index contributed by atoms with van der Waals surface area (Å²) in [6, 6.07) is 9.31. The molecule has 3 aromatic heterocycles. The van der Waals surface area contributed by atoms with Gasteiger partial charge in [-0.15, -0.1) is 10.2 Å². The zero-order valence-electron chi connectivity index (χ0n) is 21.0. The smallest absolute Gasteiger partial charge is 0.314 e. The quantitative estimate of drug-likeness (QED) is 0.305. The van der Waals surface area contributed by atoms with Crippen molar-refractivity contribution in [3.05, 3.63) is 66.2 Å². The van der Waals surface area contributed by atoms with E-state index in [2.05, 4.69) is 20.1 Å². The van der Waals surface area contributed by atoms with E-state index in [1.165, 1.54) is 41.8 Å². The molecule has 0 radical (unpaired) electrons. The molecule has 0 atom stereocenters. The highest BCUT2D eigenvalue weighted by Crippen LogP contribution is 2.32. The Morgan fingerprint density at radius 1 is 1.08 bits per heavy atom. The molecule has 1 aliphatic heterocycles. The van der Waals surface area contributed by atoms with E-state index in [1.807, 2.05) is 0 Å². The van der Waals surface area contributed by atoms with Gasteiger partial charge in [-0.3, -0.25) is 4.31 Å². The third-order valence-electron chi connectivity index (χ3n) is 7.58. The van der Waals surface area contributed by atoms with Crippen molar-refractivity contribution in [1.82, 2.24) is 24.5 Å². The summed E-state index contributed by atoms with van der Waals surface area (Å²) >= 11 is 0. The van der Waals surface area contributed by atoms with Crippen LogP contribution in [-0.2, 0) is 16.6 Å². The molecule has 1 saturated carbocycles. The number of hydrogen-bond donors (Lipinski definition) is 0. The fraction of sp³-hybridized carbons (Fsp3) is 0.423. The van der Waals surface area contributed by atoms with E-state index in [1.54, 1.807) is 35.0 Å². The molecule has 0 N–H and O–H groups in total. The van der Waals surface area contributed by atoms with Crippen LogP contribution in [0.5, 0.6) is 0 Å². The predicted molar refractivity (Wildman–Crippen MR) is 137 cm³/mol. The van der Waals surface area contributed by atoms with Crippen LogP contribution in [-0.4, -0.2) is 57.3 Å². The topological polar surface area (TPSA) is 96.8 Å². The largest absolute Gasteiger partial charge is 0.415 e. The van der Waals surface area contributed by atoms with Crippen molar-refractivity contribution in [2.75, 3.05) is 17.4 Å². The third kappa shape index (κ3) is 5.12. The van der Waals surface area contributed by atoms with Gasteiger partial charge < -0.3 is 13.7 Å². The van der Waals surface area contributed by atoms with Crippen LogP contribution in [0.1, 0.15) is 50.1 Å². The Bertz CT molecular complexity index is 1580. The van der Waals surface area contributed by atoms with Crippen LogP contribution in [0, 0.1) is 5.82 Å². The molecule has 13 heteroatoms. The fourth-order valence-electron chi connectivity index (χ4n) is 5.26. The number of aromatic nitrogens is 4. The van der Waals surface area contributed by atoms with Crippen molar-refractivity contribution in [1.29, 1.82) is 0 Å². The highest BCUT2D eigenvalue weighted by molar-refractivity contribution is 7.93. The monoisotopic (exact) mass is 560 g/mol. The molecular weight excluding hydrogens is 533 g/mol. The fourth-order valence-corrected chi connectivity index (χ4v) is 7.15. The summed E-state index contributed by atoms with van der Waals surface area (Å²) in [5.74, 6) is -1.38. The lowest BCUT2D eigenvalue weighted by atomic mass is 9.90. The molecule has 1 saturated heterocycles. The van der Waals surface area contributed by atoms with Crippen LogP contribution in [0.15, 0.2) is 53.2 Å². The number of pyridine rings is 1. The Labute approximate surface area is 223 Å². The maximum Gasteiger partial charge on any atom is 0.314 e. The average molecular weight is 561 g/mol. The number of halogens is 3. The van der Waals surface area contributed by atoms with Gasteiger partial charge in [-0.2, -0.15) is 8.78 Å². The molecule has 4 heterocycles. The number of sulfonamides is 1. The van der Waals surface area contributed by atoms with Gasteiger partial charge in [0.15, 0.2) is 0 Å². The van der Waals surface area contributed by atoms with Gasteiger partial charge in [-0.25, -0.2) is 17.8 Å². The summed E-state index contributed by atoms with van der Waals surface area (Å²) in [7, 11) is -3.84. The van der Waals surface area contributed by atoms with Gasteiger partial charge in [0.2, 0.25) is 15.9 Å². The molecule has 1 aromatic carbocycles.